The second-order valence-corrected chi connectivity index (χ2v) is 14.6. The zero-order valence-electron chi connectivity index (χ0n) is 27.8. The average molecular weight is 606 g/mol. The molecule has 0 unspecified atom stereocenters. The van der Waals surface area contributed by atoms with Gasteiger partial charge in [0.1, 0.15) is 0 Å². The van der Waals surface area contributed by atoms with Crippen molar-refractivity contribution in [2.45, 2.75) is 102 Å². The van der Waals surface area contributed by atoms with Gasteiger partial charge < -0.3 is 0 Å². The summed E-state index contributed by atoms with van der Waals surface area (Å²) in [5, 5.41) is 0. The van der Waals surface area contributed by atoms with Gasteiger partial charge in [0.15, 0.2) is 17.5 Å². The van der Waals surface area contributed by atoms with Crippen LogP contribution in [0.5, 0.6) is 0 Å². The summed E-state index contributed by atoms with van der Waals surface area (Å²) in [6, 6.07) is 35.6. The van der Waals surface area contributed by atoms with Crippen molar-refractivity contribution in [3.63, 3.8) is 0 Å². The standard InChI is InChI=1S/C43H47N3/c1-43(2,3)39-27-25-34(26-28-39)37-15-10-16-38(29-37)42-45-40(35-21-17-32(18-22-35)30-11-6-4-7-12-30)44-41(46-42)36-23-19-33(20-24-36)31-13-8-5-9-14-31/h10,15-31H,4-9,11-14H2,1-3H3. The Morgan fingerprint density at radius 3 is 1.30 bits per heavy atom. The summed E-state index contributed by atoms with van der Waals surface area (Å²) >= 11 is 0. The molecule has 3 heteroatoms. The van der Waals surface area contributed by atoms with Gasteiger partial charge in [0.25, 0.3) is 0 Å². The van der Waals surface area contributed by atoms with E-state index in [0.29, 0.717) is 17.7 Å². The Kier molecular flexibility index (Phi) is 8.84. The Labute approximate surface area is 275 Å². The molecule has 46 heavy (non-hydrogen) atoms. The van der Waals surface area contributed by atoms with Gasteiger partial charge in [-0.15, -0.1) is 0 Å². The largest absolute Gasteiger partial charge is 0.208 e. The monoisotopic (exact) mass is 605 g/mol. The Hall–Kier alpha value is -4.11. The van der Waals surface area contributed by atoms with Gasteiger partial charge >= 0.3 is 0 Å². The van der Waals surface area contributed by atoms with E-state index >= 15 is 0 Å². The van der Waals surface area contributed by atoms with E-state index in [2.05, 4.69) is 118 Å². The first kappa shape index (κ1) is 30.5. The molecule has 2 aliphatic carbocycles. The minimum atomic E-state index is 0.126. The highest BCUT2D eigenvalue weighted by atomic mass is 15.0. The molecule has 0 atom stereocenters. The predicted octanol–water partition coefficient (Wildman–Crippen LogP) is 11.9. The molecule has 0 saturated heterocycles. The van der Waals surface area contributed by atoms with Crippen LogP contribution in [0.25, 0.3) is 45.3 Å². The van der Waals surface area contributed by atoms with Gasteiger partial charge in [0.2, 0.25) is 0 Å². The normalized spacial score (nSPS) is 16.4. The van der Waals surface area contributed by atoms with Crippen LogP contribution in [-0.4, -0.2) is 15.0 Å². The second-order valence-electron chi connectivity index (χ2n) is 14.6. The fraction of sp³-hybridized carbons (Fsp3) is 0.372. The molecule has 1 heterocycles. The number of aromatic nitrogens is 3. The third-order valence-corrected chi connectivity index (χ3v) is 10.3. The van der Waals surface area contributed by atoms with Crippen molar-refractivity contribution in [2.75, 3.05) is 0 Å². The molecule has 2 fully saturated rings. The smallest absolute Gasteiger partial charge is 0.164 e. The fourth-order valence-electron chi connectivity index (χ4n) is 7.44. The molecule has 0 N–H and O–H groups in total. The van der Waals surface area contributed by atoms with Crippen LogP contribution in [0.15, 0.2) is 97.1 Å². The maximum absolute atomic E-state index is 5.09. The molecule has 2 saturated carbocycles. The molecule has 5 aromatic rings. The van der Waals surface area contributed by atoms with Crippen LogP contribution in [-0.2, 0) is 5.41 Å². The highest BCUT2D eigenvalue weighted by Gasteiger charge is 2.19. The highest BCUT2D eigenvalue weighted by Crippen LogP contribution is 2.36. The third kappa shape index (κ3) is 6.84. The van der Waals surface area contributed by atoms with Gasteiger partial charge in [-0.2, -0.15) is 0 Å². The van der Waals surface area contributed by atoms with Crippen LogP contribution in [0, 0.1) is 0 Å². The van der Waals surface area contributed by atoms with Crippen LogP contribution in [0.4, 0.5) is 0 Å². The first-order valence-electron chi connectivity index (χ1n) is 17.6. The number of rotatable bonds is 6. The second kappa shape index (κ2) is 13.3. The van der Waals surface area contributed by atoms with E-state index in [1.807, 2.05) is 0 Å². The quantitative estimate of drug-likeness (QED) is 0.193. The average Bonchev–Trinajstić information content (AvgIpc) is 3.12. The van der Waals surface area contributed by atoms with Gasteiger partial charge in [-0.1, -0.05) is 150 Å². The van der Waals surface area contributed by atoms with Crippen LogP contribution >= 0.6 is 0 Å². The van der Waals surface area contributed by atoms with E-state index in [0.717, 1.165) is 33.9 Å². The van der Waals surface area contributed by atoms with Gasteiger partial charge in [-0.05, 0) is 76.8 Å². The molecule has 0 amide bonds. The van der Waals surface area contributed by atoms with Crippen LogP contribution < -0.4 is 0 Å². The first-order valence-corrected chi connectivity index (χ1v) is 17.6. The summed E-state index contributed by atoms with van der Waals surface area (Å²) in [5.41, 5.74) is 9.79. The predicted molar refractivity (Wildman–Crippen MR) is 192 cm³/mol. The van der Waals surface area contributed by atoms with E-state index in [1.165, 1.54) is 86.5 Å². The van der Waals surface area contributed by atoms with Gasteiger partial charge in [0, 0.05) is 16.7 Å². The first-order chi connectivity index (χ1) is 22.4. The molecule has 2 aliphatic rings. The van der Waals surface area contributed by atoms with Crippen LogP contribution in [0.3, 0.4) is 0 Å². The number of hydrogen-bond donors (Lipinski definition) is 0. The van der Waals surface area contributed by atoms with Gasteiger partial charge in [-0.3, -0.25) is 0 Å². The molecule has 0 aliphatic heterocycles. The molecule has 3 nitrogen and oxygen atoms in total. The summed E-state index contributed by atoms with van der Waals surface area (Å²) in [6.45, 7) is 6.77. The Bertz CT molecular complexity index is 1670. The zero-order chi connectivity index (χ0) is 31.5. The van der Waals surface area contributed by atoms with Crippen molar-refractivity contribution < 1.29 is 0 Å². The zero-order valence-corrected chi connectivity index (χ0v) is 27.8. The SMILES string of the molecule is CC(C)(C)c1ccc(-c2cccc(-c3nc(-c4ccc(C5CCCCC5)cc4)nc(-c4ccc(C5CCCCC5)cc4)n3)c2)cc1. The molecule has 0 spiro atoms. The van der Waals surface area contributed by atoms with Crippen molar-refractivity contribution in [1.82, 2.24) is 15.0 Å². The molecule has 4 aromatic carbocycles. The van der Waals surface area contributed by atoms with E-state index in [1.54, 1.807) is 0 Å². The molecule has 0 radical (unpaired) electrons. The lowest BCUT2D eigenvalue weighted by Crippen LogP contribution is -2.10. The van der Waals surface area contributed by atoms with Crippen molar-refractivity contribution in [1.29, 1.82) is 0 Å². The number of benzene rings is 4. The van der Waals surface area contributed by atoms with E-state index < -0.39 is 0 Å². The summed E-state index contributed by atoms with van der Waals surface area (Å²) in [6.07, 6.45) is 13.3. The molecule has 1 aromatic heterocycles. The molecule has 0 bridgehead atoms. The lowest BCUT2D eigenvalue weighted by molar-refractivity contribution is 0.443. The van der Waals surface area contributed by atoms with Gasteiger partial charge in [-0.25, -0.2) is 15.0 Å². The van der Waals surface area contributed by atoms with E-state index in [-0.39, 0.29) is 5.41 Å². The number of nitrogens with zero attached hydrogens (tertiary/aromatic N) is 3. The minimum absolute atomic E-state index is 0.126. The van der Waals surface area contributed by atoms with Crippen LogP contribution in [0.2, 0.25) is 0 Å². The Morgan fingerprint density at radius 2 is 0.848 bits per heavy atom. The Balaban J connectivity index is 1.25. The summed E-state index contributed by atoms with van der Waals surface area (Å²) in [7, 11) is 0. The summed E-state index contributed by atoms with van der Waals surface area (Å²) in [5.74, 6) is 3.52. The third-order valence-electron chi connectivity index (χ3n) is 10.3. The highest BCUT2D eigenvalue weighted by molar-refractivity contribution is 5.72. The summed E-state index contributed by atoms with van der Waals surface area (Å²) in [4.78, 5) is 15.3. The van der Waals surface area contributed by atoms with Crippen molar-refractivity contribution in [3.8, 4) is 45.3 Å². The number of hydrogen-bond acceptors (Lipinski definition) is 3. The minimum Gasteiger partial charge on any atom is -0.208 e. The Morgan fingerprint density at radius 1 is 0.435 bits per heavy atom. The molecular weight excluding hydrogens is 558 g/mol. The topological polar surface area (TPSA) is 38.7 Å². The molecule has 7 rings (SSSR count). The summed E-state index contributed by atoms with van der Waals surface area (Å²) < 4.78 is 0. The van der Waals surface area contributed by atoms with E-state index in [9.17, 15) is 0 Å². The lowest BCUT2D eigenvalue weighted by atomic mass is 9.84. The fourth-order valence-corrected chi connectivity index (χ4v) is 7.44. The van der Waals surface area contributed by atoms with Crippen molar-refractivity contribution in [2.24, 2.45) is 0 Å². The lowest BCUT2D eigenvalue weighted by Gasteiger charge is -2.22. The van der Waals surface area contributed by atoms with Crippen LogP contribution in [0.1, 0.15) is 114 Å². The van der Waals surface area contributed by atoms with Crippen molar-refractivity contribution in [3.05, 3.63) is 114 Å². The van der Waals surface area contributed by atoms with Gasteiger partial charge in [0.05, 0.1) is 0 Å². The van der Waals surface area contributed by atoms with Crippen molar-refractivity contribution >= 4 is 0 Å². The maximum Gasteiger partial charge on any atom is 0.164 e. The van der Waals surface area contributed by atoms with E-state index in [4.69, 9.17) is 15.0 Å². The maximum atomic E-state index is 5.09. The molecule has 234 valence electrons. The molecular formula is C43H47N3.